The number of ether oxygens (including phenoxy) is 1. The van der Waals surface area contributed by atoms with E-state index in [4.69, 9.17) is 4.74 Å². The van der Waals surface area contributed by atoms with Gasteiger partial charge >= 0.3 is 6.18 Å². The molecule has 0 aliphatic heterocycles. The number of benzene rings is 2. The summed E-state index contributed by atoms with van der Waals surface area (Å²) in [5, 5.41) is 0.608. The first kappa shape index (κ1) is 20.7. The van der Waals surface area contributed by atoms with Gasteiger partial charge in [0.05, 0.1) is 18.4 Å². The molecule has 31 heavy (non-hydrogen) atoms. The normalized spacial score (nSPS) is 11.4. The minimum Gasteiger partial charge on any atom is -0.497 e. The SMILES string of the molecule is COc1ccc(-c2nc(-c3cccnc3)c(C(=O)c3ccc(C(F)(F)F)cc3)s2)cc1. The number of alkyl halides is 3. The third kappa shape index (κ3) is 4.34. The number of aromatic nitrogens is 2. The van der Waals surface area contributed by atoms with E-state index in [0.717, 1.165) is 17.7 Å². The summed E-state index contributed by atoms with van der Waals surface area (Å²) in [4.78, 5) is 22.3. The Hall–Kier alpha value is -3.52. The Kier molecular flexibility index (Phi) is 5.56. The smallest absolute Gasteiger partial charge is 0.416 e. The van der Waals surface area contributed by atoms with Crippen LogP contribution in [0.2, 0.25) is 0 Å². The van der Waals surface area contributed by atoms with E-state index in [1.165, 1.54) is 23.5 Å². The molecule has 0 unspecified atom stereocenters. The van der Waals surface area contributed by atoms with Crippen molar-refractivity contribution in [2.24, 2.45) is 0 Å². The summed E-state index contributed by atoms with van der Waals surface area (Å²) in [6, 6.07) is 14.9. The fourth-order valence-electron chi connectivity index (χ4n) is 2.97. The van der Waals surface area contributed by atoms with Crippen LogP contribution in [0.4, 0.5) is 13.2 Å². The molecular formula is C23H15F3N2O2S. The molecule has 0 spiro atoms. The van der Waals surface area contributed by atoms with E-state index in [2.05, 4.69) is 9.97 Å². The number of carbonyl (C=O) groups excluding carboxylic acids is 1. The zero-order valence-corrected chi connectivity index (χ0v) is 17.0. The molecule has 4 aromatic rings. The van der Waals surface area contributed by atoms with Crippen LogP contribution in [-0.4, -0.2) is 22.9 Å². The number of pyridine rings is 1. The number of hydrogen-bond donors (Lipinski definition) is 0. The van der Waals surface area contributed by atoms with E-state index >= 15 is 0 Å². The second-order valence-electron chi connectivity index (χ2n) is 6.57. The van der Waals surface area contributed by atoms with Gasteiger partial charge in [0.25, 0.3) is 0 Å². The molecule has 0 bridgehead atoms. The number of nitrogens with zero attached hydrogens (tertiary/aromatic N) is 2. The summed E-state index contributed by atoms with van der Waals surface area (Å²) in [7, 11) is 1.57. The number of rotatable bonds is 5. The minimum atomic E-state index is -4.46. The van der Waals surface area contributed by atoms with Crippen LogP contribution >= 0.6 is 11.3 Å². The number of halogens is 3. The average molecular weight is 440 g/mol. The number of carbonyl (C=O) groups is 1. The topological polar surface area (TPSA) is 52.1 Å². The van der Waals surface area contributed by atoms with Crippen molar-refractivity contribution in [3.05, 3.63) is 89.1 Å². The molecule has 2 heterocycles. The van der Waals surface area contributed by atoms with Crippen LogP contribution in [0.25, 0.3) is 21.8 Å². The molecule has 0 saturated heterocycles. The van der Waals surface area contributed by atoms with Crippen molar-refractivity contribution in [1.82, 2.24) is 9.97 Å². The van der Waals surface area contributed by atoms with Crippen LogP contribution in [0, 0.1) is 0 Å². The predicted octanol–water partition coefficient (Wildman–Crippen LogP) is 6.13. The van der Waals surface area contributed by atoms with Crippen molar-refractivity contribution >= 4 is 17.1 Å². The molecular weight excluding hydrogens is 425 g/mol. The van der Waals surface area contributed by atoms with Gasteiger partial charge in [-0.05, 0) is 48.5 Å². The van der Waals surface area contributed by atoms with Gasteiger partial charge in [-0.2, -0.15) is 13.2 Å². The maximum atomic E-state index is 13.2. The lowest BCUT2D eigenvalue weighted by Gasteiger charge is -2.07. The van der Waals surface area contributed by atoms with Crippen molar-refractivity contribution in [3.8, 4) is 27.6 Å². The maximum absolute atomic E-state index is 13.2. The average Bonchev–Trinajstić information content (AvgIpc) is 3.24. The first-order chi connectivity index (χ1) is 14.9. The fraction of sp³-hybridized carbons (Fsp3) is 0.0870. The van der Waals surface area contributed by atoms with Crippen LogP contribution in [0.15, 0.2) is 73.1 Å². The van der Waals surface area contributed by atoms with Gasteiger partial charge in [-0.15, -0.1) is 11.3 Å². The summed E-state index contributed by atoms with van der Waals surface area (Å²) < 4.78 is 43.8. The van der Waals surface area contributed by atoms with E-state index in [1.807, 2.05) is 12.1 Å². The highest BCUT2D eigenvalue weighted by Gasteiger charge is 2.30. The van der Waals surface area contributed by atoms with Crippen LogP contribution in [0.5, 0.6) is 5.75 Å². The van der Waals surface area contributed by atoms with Crippen LogP contribution in [0.3, 0.4) is 0 Å². The Balaban J connectivity index is 1.78. The molecule has 0 aliphatic rings. The molecule has 4 nitrogen and oxygen atoms in total. The molecule has 156 valence electrons. The van der Waals surface area contributed by atoms with Crippen molar-refractivity contribution in [3.63, 3.8) is 0 Å². The monoisotopic (exact) mass is 440 g/mol. The van der Waals surface area contributed by atoms with Gasteiger partial charge in [0, 0.05) is 29.1 Å². The predicted molar refractivity (Wildman–Crippen MR) is 112 cm³/mol. The second-order valence-corrected chi connectivity index (χ2v) is 7.57. The van der Waals surface area contributed by atoms with Crippen molar-refractivity contribution in [1.29, 1.82) is 0 Å². The van der Waals surface area contributed by atoms with Crippen molar-refractivity contribution in [2.45, 2.75) is 6.18 Å². The third-order valence-corrected chi connectivity index (χ3v) is 5.68. The molecule has 0 amide bonds. The van der Waals surface area contributed by atoms with Gasteiger partial charge in [0.2, 0.25) is 5.78 Å². The molecule has 0 N–H and O–H groups in total. The summed E-state index contributed by atoms with van der Waals surface area (Å²) in [5.41, 5.74) is 1.23. The van der Waals surface area contributed by atoms with Crippen molar-refractivity contribution in [2.75, 3.05) is 7.11 Å². The Morgan fingerprint density at radius 2 is 1.68 bits per heavy atom. The van der Waals surface area contributed by atoms with Gasteiger partial charge in [-0.3, -0.25) is 9.78 Å². The molecule has 4 rings (SSSR count). The number of methoxy groups -OCH3 is 1. The zero-order chi connectivity index (χ0) is 22.0. The summed E-state index contributed by atoms with van der Waals surface area (Å²) >= 11 is 1.18. The fourth-order valence-corrected chi connectivity index (χ4v) is 4.03. The molecule has 0 saturated carbocycles. The van der Waals surface area contributed by atoms with Crippen LogP contribution in [0.1, 0.15) is 20.8 Å². The first-order valence-corrected chi connectivity index (χ1v) is 9.96. The number of thiazole rings is 1. The zero-order valence-electron chi connectivity index (χ0n) is 16.2. The summed E-state index contributed by atoms with van der Waals surface area (Å²) in [6.07, 6.45) is -1.26. The highest BCUT2D eigenvalue weighted by molar-refractivity contribution is 7.17. The standard InChI is InChI=1S/C23H15F3N2O2S/c1-30-18-10-6-15(7-11-18)22-28-19(16-3-2-12-27-13-16)21(31-22)20(29)14-4-8-17(9-5-14)23(24,25)26/h2-13H,1H3. The lowest BCUT2D eigenvalue weighted by molar-refractivity contribution is -0.137. The first-order valence-electron chi connectivity index (χ1n) is 9.14. The molecule has 2 aromatic carbocycles. The van der Waals surface area contributed by atoms with E-state index in [0.29, 0.717) is 26.9 Å². The molecule has 0 aliphatic carbocycles. The van der Waals surface area contributed by atoms with E-state index in [-0.39, 0.29) is 5.56 Å². The van der Waals surface area contributed by atoms with E-state index in [9.17, 15) is 18.0 Å². The number of ketones is 1. The van der Waals surface area contributed by atoms with E-state index < -0.39 is 17.5 Å². The highest BCUT2D eigenvalue weighted by atomic mass is 32.1. The molecule has 0 radical (unpaired) electrons. The largest absolute Gasteiger partial charge is 0.497 e. The molecule has 2 aromatic heterocycles. The van der Waals surface area contributed by atoms with Gasteiger partial charge < -0.3 is 4.74 Å². The summed E-state index contributed by atoms with van der Waals surface area (Å²) in [6.45, 7) is 0. The lowest BCUT2D eigenvalue weighted by atomic mass is 10.0. The van der Waals surface area contributed by atoms with Crippen LogP contribution < -0.4 is 4.74 Å². The van der Waals surface area contributed by atoms with Gasteiger partial charge in [0.1, 0.15) is 15.6 Å². The number of hydrogen-bond acceptors (Lipinski definition) is 5. The maximum Gasteiger partial charge on any atom is 0.416 e. The molecule has 0 atom stereocenters. The molecule has 8 heteroatoms. The lowest BCUT2D eigenvalue weighted by Crippen LogP contribution is -2.06. The van der Waals surface area contributed by atoms with Gasteiger partial charge in [-0.1, -0.05) is 12.1 Å². The Morgan fingerprint density at radius 3 is 2.26 bits per heavy atom. The highest BCUT2D eigenvalue weighted by Crippen LogP contribution is 2.36. The van der Waals surface area contributed by atoms with Gasteiger partial charge in [0.15, 0.2) is 0 Å². The van der Waals surface area contributed by atoms with Crippen LogP contribution in [-0.2, 0) is 6.18 Å². The Bertz CT molecular complexity index is 1200. The van der Waals surface area contributed by atoms with Gasteiger partial charge in [-0.25, -0.2) is 4.98 Å². The second kappa shape index (κ2) is 8.31. The quantitative estimate of drug-likeness (QED) is 0.350. The van der Waals surface area contributed by atoms with E-state index in [1.54, 1.807) is 43.8 Å². The Morgan fingerprint density at radius 1 is 0.968 bits per heavy atom. The Labute approximate surface area is 180 Å². The molecule has 0 fully saturated rings. The minimum absolute atomic E-state index is 0.156. The van der Waals surface area contributed by atoms with Crippen molar-refractivity contribution < 1.29 is 22.7 Å². The third-order valence-electron chi connectivity index (χ3n) is 4.58. The summed E-state index contributed by atoms with van der Waals surface area (Å²) in [5.74, 6) is 0.290.